The number of benzene rings is 2. The minimum atomic E-state index is -0.0383. The van der Waals surface area contributed by atoms with Gasteiger partial charge in [0.15, 0.2) is 12.4 Å². The first-order valence-electron chi connectivity index (χ1n) is 9.01. The van der Waals surface area contributed by atoms with Crippen molar-refractivity contribution in [3.05, 3.63) is 56.6 Å². The first-order valence-corrected chi connectivity index (χ1v) is 9.80. The van der Waals surface area contributed by atoms with Gasteiger partial charge in [0.2, 0.25) is 0 Å². The van der Waals surface area contributed by atoms with Crippen molar-refractivity contribution in [3.63, 3.8) is 0 Å². The molecule has 0 aliphatic rings. The molecule has 0 aliphatic heterocycles. The highest BCUT2D eigenvalue weighted by Crippen LogP contribution is 2.30. The minimum Gasteiger partial charge on any atom is -0.484 e. The Morgan fingerprint density at radius 2 is 1.81 bits per heavy atom. The van der Waals surface area contributed by atoms with Gasteiger partial charge in [-0.3, -0.25) is 4.79 Å². The maximum atomic E-state index is 12.7. The SMILES string of the molecule is CCN(C)/C=N\c1cc(C)c(C(=O)COc2c(C)cc(C)cc2Br)cc1C. The molecule has 0 aliphatic carbocycles. The van der Waals surface area contributed by atoms with E-state index in [9.17, 15) is 4.79 Å². The van der Waals surface area contributed by atoms with Gasteiger partial charge in [0.1, 0.15) is 5.75 Å². The zero-order valence-corrected chi connectivity index (χ0v) is 18.5. The summed E-state index contributed by atoms with van der Waals surface area (Å²) in [5.74, 6) is 0.677. The van der Waals surface area contributed by atoms with Gasteiger partial charge in [-0.2, -0.15) is 0 Å². The largest absolute Gasteiger partial charge is 0.484 e. The number of hydrogen-bond acceptors (Lipinski definition) is 3. The van der Waals surface area contributed by atoms with Gasteiger partial charge in [0.25, 0.3) is 0 Å². The van der Waals surface area contributed by atoms with Crippen LogP contribution in [0.1, 0.15) is 39.5 Å². The molecule has 2 aromatic rings. The average Bonchev–Trinajstić information content (AvgIpc) is 2.60. The third-order valence-corrected chi connectivity index (χ3v) is 5.05. The van der Waals surface area contributed by atoms with E-state index >= 15 is 0 Å². The van der Waals surface area contributed by atoms with Crippen molar-refractivity contribution in [2.75, 3.05) is 20.2 Å². The van der Waals surface area contributed by atoms with Crippen LogP contribution in [0.3, 0.4) is 0 Å². The molecular formula is C22H27BrN2O2. The first kappa shape index (κ1) is 21.2. The van der Waals surface area contributed by atoms with Crippen LogP contribution in [0.15, 0.2) is 33.7 Å². The molecule has 0 aromatic heterocycles. The summed E-state index contributed by atoms with van der Waals surface area (Å²) in [4.78, 5) is 19.2. The number of carbonyl (C=O) groups excluding carboxylic acids is 1. The molecule has 0 radical (unpaired) electrons. The molecule has 2 rings (SSSR count). The monoisotopic (exact) mass is 430 g/mol. The maximum Gasteiger partial charge on any atom is 0.200 e. The highest BCUT2D eigenvalue weighted by molar-refractivity contribution is 9.10. The summed E-state index contributed by atoms with van der Waals surface area (Å²) in [6, 6.07) is 7.88. The summed E-state index contributed by atoms with van der Waals surface area (Å²) in [6.07, 6.45) is 1.81. The quantitative estimate of drug-likeness (QED) is 0.328. The van der Waals surface area contributed by atoms with E-state index in [-0.39, 0.29) is 12.4 Å². The van der Waals surface area contributed by atoms with Crippen LogP contribution in [-0.4, -0.2) is 37.2 Å². The van der Waals surface area contributed by atoms with Gasteiger partial charge in [-0.15, -0.1) is 0 Å². The number of rotatable bonds is 7. The summed E-state index contributed by atoms with van der Waals surface area (Å²) >= 11 is 3.52. The van der Waals surface area contributed by atoms with Crippen LogP contribution in [0.25, 0.3) is 0 Å². The fourth-order valence-corrected chi connectivity index (χ4v) is 3.57. The molecule has 5 heteroatoms. The summed E-state index contributed by atoms with van der Waals surface area (Å²) in [5.41, 5.74) is 5.58. The third-order valence-electron chi connectivity index (χ3n) is 4.46. The summed E-state index contributed by atoms with van der Waals surface area (Å²) < 4.78 is 6.69. The average molecular weight is 431 g/mol. The van der Waals surface area contributed by atoms with Gasteiger partial charge >= 0.3 is 0 Å². The molecular weight excluding hydrogens is 404 g/mol. The molecule has 0 unspecified atom stereocenters. The van der Waals surface area contributed by atoms with Crippen LogP contribution in [-0.2, 0) is 0 Å². The van der Waals surface area contributed by atoms with E-state index < -0.39 is 0 Å². The topological polar surface area (TPSA) is 41.9 Å². The molecule has 0 saturated carbocycles. The Morgan fingerprint density at radius 3 is 2.44 bits per heavy atom. The van der Waals surface area contributed by atoms with Gasteiger partial charge < -0.3 is 9.64 Å². The van der Waals surface area contributed by atoms with E-state index in [0.29, 0.717) is 11.3 Å². The molecule has 0 fully saturated rings. The third kappa shape index (κ3) is 5.42. The van der Waals surface area contributed by atoms with Gasteiger partial charge in [-0.1, -0.05) is 6.07 Å². The van der Waals surface area contributed by atoms with Crippen molar-refractivity contribution in [1.29, 1.82) is 0 Å². The van der Waals surface area contributed by atoms with E-state index in [2.05, 4.69) is 27.8 Å². The Labute approximate surface area is 170 Å². The van der Waals surface area contributed by atoms with Crippen LogP contribution in [0.2, 0.25) is 0 Å². The van der Waals surface area contributed by atoms with Crippen molar-refractivity contribution in [3.8, 4) is 5.75 Å². The lowest BCUT2D eigenvalue weighted by Gasteiger charge is -2.14. The number of carbonyl (C=O) groups is 1. The second-order valence-corrected chi connectivity index (χ2v) is 7.73. The molecule has 144 valence electrons. The van der Waals surface area contributed by atoms with E-state index in [1.807, 2.05) is 70.2 Å². The molecule has 0 amide bonds. The number of ketones is 1. The Balaban J connectivity index is 2.17. The minimum absolute atomic E-state index is 0.00394. The second-order valence-electron chi connectivity index (χ2n) is 6.88. The van der Waals surface area contributed by atoms with Crippen molar-refractivity contribution < 1.29 is 9.53 Å². The van der Waals surface area contributed by atoms with Crippen LogP contribution in [0.4, 0.5) is 5.69 Å². The van der Waals surface area contributed by atoms with E-state index in [4.69, 9.17) is 4.74 Å². The van der Waals surface area contributed by atoms with E-state index in [0.717, 1.165) is 39.0 Å². The van der Waals surface area contributed by atoms with Crippen molar-refractivity contribution in [1.82, 2.24) is 4.90 Å². The highest BCUT2D eigenvalue weighted by Gasteiger charge is 2.14. The standard InChI is InChI=1S/C22H27BrN2O2/c1-7-25(6)13-24-20-11-15(3)18(10-16(20)4)21(26)12-27-22-17(5)8-14(2)9-19(22)23/h8-11,13H,7,12H2,1-6H3/b24-13-. The van der Waals surface area contributed by atoms with Crippen molar-refractivity contribution in [2.45, 2.75) is 34.6 Å². The number of halogens is 1. The second kappa shape index (κ2) is 9.18. The molecule has 0 atom stereocenters. The number of aliphatic imine (C=N–C) groups is 1. The molecule has 2 aromatic carbocycles. The number of nitrogens with zero attached hydrogens (tertiary/aromatic N) is 2. The normalized spacial score (nSPS) is 11.1. The lowest BCUT2D eigenvalue weighted by Crippen LogP contribution is -2.15. The molecule has 27 heavy (non-hydrogen) atoms. The lowest BCUT2D eigenvalue weighted by atomic mass is 10.0. The molecule has 0 saturated heterocycles. The van der Waals surface area contributed by atoms with E-state index in [1.165, 1.54) is 0 Å². The van der Waals surface area contributed by atoms with Crippen LogP contribution in [0.5, 0.6) is 5.75 Å². The number of ether oxygens (including phenoxy) is 1. The van der Waals surface area contributed by atoms with Crippen LogP contribution in [0, 0.1) is 27.7 Å². The summed E-state index contributed by atoms with van der Waals surface area (Å²) in [7, 11) is 1.98. The van der Waals surface area contributed by atoms with Crippen molar-refractivity contribution >= 4 is 33.7 Å². The maximum absolute atomic E-state index is 12.7. The Bertz CT molecular complexity index is 852. The van der Waals surface area contributed by atoms with Gasteiger partial charge in [0.05, 0.1) is 16.5 Å². The Kier molecular flexibility index (Phi) is 7.19. The number of Topliss-reactive ketones (excluding diaryl/α,β-unsaturated/α-hetero) is 1. The molecule has 0 spiro atoms. The van der Waals surface area contributed by atoms with E-state index in [1.54, 1.807) is 0 Å². The fraction of sp³-hybridized carbons (Fsp3) is 0.364. The Morgan fingerprint density at radius 1 is 1.11 bits per heavy atom. The smallest absolute Gasteiger partial charge is 0.200 e. The van der Waals surface area contributed by atoms with Gasteiger partial charge in [0, 0.05) is 19.2 Å². The zero-order valence-electron chi connectivity index (χ0n) is 16.9. The zero-order chi connectivity index (χ0) is 20.1. The lowest BCUT2D eigenvalue weighted by molar-refractivity contribution is 0.0920. The highest BCUT2D eigenvalue weighted by atomic mass is 79.9. The number of aryl methyl sites for hydroxylation is 4. The molecule has 0 bridgehead atoms. The number of hydrogen-bond donors (Lipinski definition) is 0. The van der Waals surface area contributed by atoms with Gasteiger partial charge in [-0.05, 0) is 91.0 Å². The predicted molar refractivity (Wildman–Crippen MR) is 116 cm³/mol. The first-order chi connectivity index (χ1) is 12.7. The predicted octanol–water partition coefficient (Wildman–Crippen LogP) is 5.56. The van der Waals surface area contributed by atoms with Crippen LogP contribution < -0.4 is 4.74 Å². The fourth-order valence-electron chi connectivity index (χ4n) is 2.78. The van der Waals surface area contributed by atoms with Crippen molar-refractivity contribution in [2.24, 2.45) is 4.99 Å². The van der Waals surface area contributed by atoms with Crippen LogP contribution >= 0.6 is 15.9 Å². The summed E-state index contributed by atoms with van der Waals surface area (Å²) in [5, 5.41) is 0. The summed E-state index contributed by atoms with van der Waals surface area (Å²) in [6.45, 7) is 10.9. The molecule has 0 heterocycles. The van der Waals surface area contributed by atoms with Gasteiger partial charge in [-0.25, -0.2) is 4.99 Å². The Hall–Kier alpha value is -2.14. The molecule has 0 N–H and O–H groups in total. The molecule has 4 nitrogen and oxygen atoms in total.